The zero-order valence-corrected chi connectivity index (χ0v) is 17.1. The molecule has 146 valence electrons. The van der Waals surface area contributed by atoms with E-state index in [4.69, 9.17) is 28.5 Å². The van der Waals surface area contributed by atoms with Crippen LogP contribution in [0.2, 0.25) is 10.0 Å². The van der Waals surface area contributed by atoms with E-state index in [2.05, 4.69) is 16.4 Å². The van der Waals surface area contributed by atoms with Crippen molar-refractivity contribution in [2.45, 2.75) is 19.9 Å². The average Bonchev–Trinajstić information content (AvgIpc) is 2.68. The molecule has 3 aromatic rings. The second kappa shape index (κ2) is 8.60. The van der Waals surface area contributed by atoms with Crippen LogP contribution in [0.5, 0.6) is 0 Å². The number of hydrogen-bond donors (Lipinski definition) is 1. The molecule has 0 bridgehead atoms. The molecule has 0 aliphatic rings. The van der Waals surface area contributed by atoms with Crippen molar-refractivity contribution in [1.82, 2.24) is 10.3 Å². The highest BCUT2D eigenvalue weighted by Gasteiger charge is 2.22. The Morgan fingerprint density at radius 1 is 1.14 bits per heavy atom. The summed E-state index contributed by atoms with van der Waals surface area (Å²) in [5.41, 5.74) is 3.34. The largest absolute Gasteiger partial charge is 0.340 e. The van der Waals surface area contributed by atoms with Crippen molar-refractivity contribution < 1.29 is 9.18 Å². The summed E-state index contributed by atoms with van der Waals surface area (Å²) >= 11 is 11.8. The summed E-state index contributed by atoms with van der Waals surface area (Å²) < 4.78 is 14.1. The van der Waals surface area contributed by atoms with Gasteiger partial charge in [-0.1, -0.05) is 29.3 Å². The van der Waals surface area contributed by atoms with Crippen LogP contribution in [0.1, 0.15) is 44.3 Å². The Morgan fingerprint density at radius 2 is 1.90 bits per heavy atom. The molecule has 1 N–H and O–H groups in total. The van der Waals surface area contributed by atoms with Crippen LogP contribution >= 0.6 is 23.2 Å². The normalized spacial score (nSPS) is 11.6. The second-order valence-electron chi connectivity index (χ2n) is 6.58. The van der Waals surface area contributed by atoms with Gasteiger partial charge >= 0.3 is 0 Å². The molecule has 7 heteroatoms. The molecule has 0 saturated carbocycles. The molecule has 2 aromatic carbocycles. The number of nitriles is 1. The fraction of sp³-hybridized carbons (Fsp3) is 0.136. The number of benzene rings is 2. The van der Waals surface area contributed by atoms with Gasteiger partial charge in [-0.15, -0.1) is 0 Å². The number of hydrogen-bond acceptors (Lipinski definition) is 3. The molecule has 1 atom stereocenters. The first-order chi connectivity index (χ1) is 13.8. The first kappa shape index (κ1) is 20.8. The van der Waals surface area contributed by atoms with Crippen LogP contribution in [0.4, 0.5) is 4.39 Å². The molecule has 0 spiro atoms. The molecule has 0 fully saturated rings. The maximum atomic E-state index is 14.1. The Balaban J connectivity index is 2.03. The van der Waals surface area contributed by atoms with Gasteiger partial charge in [0.2, 0.25) is 0 Å². The lowest BCUT2D eigenvalue weighted by atomic mass is 9.98. The first-order valence-corrected chi connectivity index (χ1v) is 9.44. The highest BCUT2D eigenvalue weighted by atomic mass is 35.5. The predicted octanol–water partition coefficient (Wildman–Crippen LogP) is 5.54. The van der Waals surface area contributed by atoms with E-state index in [1.807, 2.05) is 6.92 Å². The number of halogens is 3. The molecule has 0 unspecified atom stereocenters. The van der Waals surface area contributed by atoms with Gasteiger partial charge in [-0.2, -0.15) is 5.26 Å². The molecule has 0 aliphatic carbocycles. The Morgan fingerprint density at radius 3 is 2.52 bits per heavy atom. The van der Waals surface area contributed by atoms with Gasteiger partial charge in [-0.3, -0.25) is 9.78 Å². The zero-order valence-electron chi connectivity index (χ0n) is 15.6. The standard InChI is InChI=1S/C22H16Cl2FN3O/c1-12-7-15(3-4-16(12)10-26)22(29)28-21(14-5-6-18(24)19(25)9-14)20-13(2)8-17(23)11-27-20/h3-9,11,21H,1-2H3,(H,28,29)/t21-/m0/s1. The van der Waals surface area contributed by atoms with Gasteiger partial charge in [-0.25, -0.2) is 4.39 Å². The van der Waals surface area contributed by atoms with Gasteiger partial charge in [0.1, 0.15) is 5.82 Å². The molecule has 29 heavy (non-hydrogen) atoms. The summed E-state index contributed by atoms with van der Waals surface area (Å²) in [5.74, 6) is -0.974. The molecule has 4 nitrogen and oxygen atoms in total. The van der Waals surface area contributed by atoms with Crippen molar-refractivity contribution in [1.29, 1.82) is 5.26 Å². The Hall–Kier alpha value is -2.94. The van der Waals surface area contributed by atoms with Crippen LogP contribution in [-0.4, -0.2) is 10.9 Å². The first-order valence-electron chi connectivity index (χ1n) is 8.68. The van der Waals surface area contributed by atoms with E-state index in [0.717, 1.165) is 5.56 Å². The monoisotopic (exact) mass is 427 g/mol. The van der Waals surface area contributed by atoms with Gasteiger partial charge in [-0.05, 0) is 66.9 Å². The summed E-state index contributed by atoms with van der Waals surface area (Å²) in [5, 5.41) is 12.4. The fourth-order valence-corrected chi connectivity index (χ4v) is 3.33. The molecule has 1 aromatic heterocycles. The molecule has 3 rings (SSSR count). The number of nitrogens with zero attached hydrogens (tertiary/aromatic N) is 2. The number of aromatic nitrogens is 1. The van der Waals surface area contributed by atoms with Crippen molar-refractivity contribution in [2.75, 3.05) is 0 Å². The molecular formula is C22H16Cl2FN3O. The highest BCUT2D eigenvalue weighted by Crippen LogP contribution is 2.28. The lowest BCUT2D eigenvalue weighted by molar-refractivity contribution is 0.0942. The second-order valence-corrected chi connectivity index (χ2v) is 7.42. The maximum Gasteiger partial charge on any atom is 0.252 e. The van der Waals surface area contributed by atoms with E-state index in [-0.39, 0.29) is 10.9 Å². The van der Waals surface area contributed by atoms with E-state index in [1.54, 1.807) is 37.3 Å². The van der Waals surface area contributed by atoms with Crippen LogP contribution in [0.3, 0.4) is 0 Å². The number of nitrogens with one attached hydrogen (secondary N) is 1. The number of amides is 1. The minimum atomic E-state index is -0.720. The average molecular weight is 428 g/mol. The van der Waals surface area contributed by atoms with Crippen LogP contribution in [0.15, 0.2) is 48.7 Å². The Labute approximate surface area is 177 Å². The fourth-order valence-electron chi connectivity index (χ4n) is 3.00. The Kier molecular flexibility index (Phi) is 6.17. The van der Waals surface area contributed by atoms with E-state index in [9.17, 15) is 9.18 Å². The van der Waals surface area contributed by atoms with Crippen LogP contribution < -0.4 is 5.32 Å². The van der Waals surface area contributed by atoms with Crippen molar-refractivity contribution >= 4 is 29.1 Å². The minimum Gasteiger partial charge on any atom is -0.340 e. The van der Waals surface area contributed by atoms with Crippen molar-refractivity contribution in [3.63, 3.8) is 0 Å². The van der Waals surface area contributed by atoms with Crippen LogP contribution in [0.25, 0.3) is 0 Å². The van der Waals surface area contributed by atoms with E-state index >= 15 is 0 Å². The molecule has 0 radical (unpaired) electrons. The molecule has 1 heterocycles. The number of pyridine rings is 1. The summed E-state index contributed by atoms with van der Waals surface area (Å²) in [4.78, 5) is 17.3. The third kappa shape index (κ3) is 4.56. The van der Waals surface area contributed by atoms with Gasteiger partial charge in [0.15, 0.2) is 0 Å². The topological polar surface area (TPSA) is 65.8 Å². The molecule has 0 saturated heterocycles. The van der Waals surface area contributed by atoms with Gasteiger partial charge < -0.3 is 5.32 Å². The minimum absolute atomic E-state index is 0.0117. The number of carbonyl (C=O) groups excluding carboxylic acids is 1. The van der Waals surface area contributed by atoms with E-state index in [0.29, 0.717) is 33.0 Å². The number of aryl methyl sites for hydroxylation is 2. The lowest BCUT2D eigenvalue weighted by Gasteiger charge is -2.21. The quantitative estimate of drug-likeness (QED) is 0.594. The molecule has 1 amide bonds. The molecular weight excluding hydrogens is 412 g/mol. The number of carbonyl (C=O) groups is 1. The molecule has 0 aliphatic heterocycles. The number of rotatable bonds is 4. The van der Waals surface area contributed by atoms with Gasteiger partial charge in [0.25, 0.3) is 5.91 Å². The smallest absolute Gasteiger partial charge is 0.252 e. The van der Waals surface area contributed by atoms with E-state index in [1.165, 1.54) is 18.3 Å². The SMILES string of the molecule is Cc1cc(C(=O)N[C@@H](c2ccc(Cl)c(F)c2)c2ncc(Cl)cc2C)ccc1C#N. The predicted molar refractivity (Wildman–Crippen MR) is 111 cm³/mol. The van der Waals surface area contributed by atoms with Crippen molar-refractivity contribution in [3.8, 4) is 6.07 Å². The van der Waals surface area contributed by atoms with Crippen molar-refractivity contribution in [3.05, 3.63) is 98.0 Å². The lowest BCUT2D eigenvalue weighted by Crippen LogP contribution is -2.30. The summed E-state index contributed by atoms with van der Waals surface area (Å²) in [6.45, 7) is 3.57. The van der Waals surface area contributed by atoms with Gasteiger partial charge in [0, 0.05) is 11.8 Å². The van der Waals surface area contributed by atoms with Crippen molar-refractivity contribution in [2.24, 2.45) is 0 Å². The van der Waals surface area contributed by atoms with Gasteiger partial charge in [0.05, 0.1) is 33.4 Å². The third-order valence-corrected chi connectivity index (χ3v) is 5.03. The summed E-state index contributed by atoms with van der Waals surface area (Å²) in [6.07, 6.45) is 1.47. The third-order valence-electron chi connectivity index (χ3n) is 4.52. The highest BCUT2D eigenvalue weighted by molar-refractivity contribution is 6.30. The maximum absolute atomic E-state index is 14.1. The van der Waals surface area contributed by atoms with Crippen LogP contribution in [0, 0.1) is 31.0 Å². The summed E-state index contributed by atoms with van der Waals surface area (Å²) in [6, 6.07) is 12.2. The Bertz CT molecular complexity index is 1140. The van der Waals surface area contributed by atoms with E-state index < -0.39 is 11.9 Å². The zero-order chi connectivity index (χ0) is 21.1. The summed E-state index contributed by atoms with van der Waals surface area (Å²) in [7, 11) is 0. The van der Waals surface area contributed by atoms with Crippen LogP contribution in [-0.2, 0) is 0 Å².